The molecule has 0 radical (unpaired) electrons. The molecule has 0 N–H and O–H groups in total. The van der Waals surface area contributed by atoms with Crippen LogP contribution in [0.25, 0.3) is 60.9 Å². The van der Waals surface area contributed by atoms with Crippen molar-refractivity contribution in [2.45, 2.75) is 65.7 Å². The first-order chi connectivity index (χ1) is 33.5. The number of ether oxygens (including phenoxy) is 1. The predicted octanol–water partition coefficient (Wildman–Crippen LogP) is 17.9. The third-order valence-corrected chi connectivity index (χ3v) is 13.5. The molecular formula is C65H55N3OPt. The summed E-state index contributed by atoms with van der Waals surface area (Å²) in [5.41, 5.74) is 17.8. The van der Waals surface area contributed by atoms with E-state index in [1.54, 1.807) is 0 Å². The quantitative estimate of drug-likeness (QED) is 0.127. The average Bonchev–Trinajstić information content (AvgIpc) is 3.92. The van der Waals surface area contributed by atoms with Crippen LogP contribution in [0.15, 0.2) is 188 Å². The zero-order chi connectivity index (χ0) is 47.4. The van der Waals surface area contributed by atoms with Gasteiger partial charge in [0, 0.05) is 45.2 Å². The number of benzene rings is 9. The van der Waals surface area contributed by atoms with E-state index in [1.165, 1.54) is 22.3 Å². The van der Waals surface area contributed by atoms with Crippen LogP contribution in [0.4, 0.5) is 22.7 Å². The normalized spacial score (nSPS) is 12.5. The summed E-state index contributed by atoms with van der Waals surface area (Å²) in [5, 5.41) is 2.26. The Bertz CT molecular complexity index is 3430. The SMILES string of the molecule is CC(C)c1cccc(C(C)C)c1-c1cc(Oc2[c-]c3c(cc2)c2ccccc2n3-c2[c-]ccc(C(C)(C)C)c2)[c-]c(N2[CH-]N(c3c(-c4ccccc4)cccc3-c3ccccc3)c3ccccc32)c1.[Pt+4]. The molecule has 9 aromatic carbocycles. The van der Waals surface area contributed by atoms with Crippen LogP contribution in [0.5, 0.6) is 11.5 Å². The molecule has 0 unspecified atom stereocenters. The number of aromatic nitrogens is 1. The number of hydrogen-bond donors (Lipinski definition) is 0. The van der Waals surface area contributed by atoms with Crippen molar-refractivity contribution in [3.63, 3.8) is 0 Å². The topological polar surface area (TPSA) is 20.6 Å². The Labute approximate surface area is 428 Å². The first-order valence-electron chi connectivity index (χ1n) is 24.1. The molecule has 1 aliphatic rings. The Kier molecular flexibility index (Phi) is 12.6. The summed E-state index contributed by atoms with van der Waals surface area (Å²) in [6.45, 7) is 18.1. The number of hydrogen-bond acceptors (Lipinski definition) is 3. The van der Waals surface area contributed by atoms with E-state index in [0.29, 0.717) is 23.3 Å². The van der Waals surface area contributed by atoms with Gasteiger partial charge >= 0.3 is 21.1 Å². The number of rotatable bonds is 10. The standard InChI is InChI=1S/C65H55N3O.Pt/c1-43(2)53-28-19-29-54(44(3)4)63(53)47-37-50(40-52(38-47)69-51-35-36-58-57-27-14-15-32-59(57)68(62(58)41-51)49-26-18-25-48(39-49)65(5,6)7)66-42-67(61-34-17-16-33-60(61)66)64-55(45-21-10-8-11-22-45)30-20-31-56(64)46-23-12-9-13-24-46;/h8-25,27-39,42-44H,1-7H3;/q-4;+4. The van der Waals surface area contributed by atoms with E-state index >= 15 is 0 Å². The van der Waals surface area contributed by atoms with Crippen molar-refractivity contribution in [3.05, 3.63) is 230 Å². The summed E-state index contributed by atoms with van der Waals surface area (Å²) in [4.78, 5) is 4.63. The molecule has 5 heteroatoms. The van der Waals surface area contributed by atoms with Crippen LogP contribution in [0.3, 0.4) is 0 Å². The summed E-state index contributed by atoms with van der Waals surface area (Å²) < 4.78 is 9.35. The molecule has 1 aromatic heterocycles. The zero-order valence-corrected chi connectivity index (χ0v) is 43.0. The molecule has 4 nitrogen and oxygen atoms in total. The number of nitrogens with zero attached hydrogens (tertiary/aromatic N) is 3. The second-order valence-corrected chi connectivity index (χ2v) is 19.8. The van der Waals surface area contributed by atoms with Gasteiger partial charge in [0.1, 0.15) is 0 Å². The van der Waals surface area contributed by atoms with Gasteiger partial charge in [0.25, 0.3) is 0 Å². The van der Waals surface area contributed by atoms with E-state index in [4.69, 9.17) is 4.74 Å². The fourth-order valence-corrected chi connectivity index (χ4v) is 10.1. The predicted molar refractivity (Wildman–Crippen MR) is 288 cm³/mol. The van der Waals surface area contributed by atoms with E-state index < -0.39 is 0 Å². The largest absolute Gasteiger partial charge is 4.00 e. The van der Waals surface area contributed by atoms with E-state index in [1.807, 2.05) is 12.1 Å². The third kappa shape index (κ3) is 8.54. The van der Waals surface area contributed by atoms with Crippen LogP contribution in [0.1, 0.15) is 77.0 Å². The molecule has 0 atom stereocenters. The molecule has 0 amide bonds. The van der Waals surface area contributed by atoms with Gasteiger partial charge in [-0.05, 0) is 68.7 Å². The minimum absolute atomic E-state index is 0. The Morgan fingerprint density at radius 3 is 1.76 bits per heavy atom. The van der Waals surface area contributed by atoms with E-state index in [0.717, 1.165) is 78.1 Å². The molecule has 0 spiro atoms. The molecule has 0 fully saturated rings. The number of para-hydroxylation sites is 4. The second kappa shape index (κ2) is 19.0. The molecule has 2 heterocycles. The van der Waals surface area contributed by atoms with Crippen LogP contribution in [0.2, 0.25) is 0 Å². The van der Waals surface area contributed by atoms with Gasteiger partial charge in [0.15, 0.2) is 0 Å². The fourth-order valence-electron chi connectivity index (χ4n) is 10.1. The van der Waals surface area contributed by atoms with Gasteiger partial charge in [-0.25, -0.2) is 0 Å². The van der Waals surface area contributed by atoms with Crippen molar-refractivity contribution in [1.29, 1.82) is 0 Å². The Morgan fingerprint density at radius 1 is 0.514 bits per heavy atom. The van der Waals surface area contributed by atoms with Crippen LogP contribution < -0.4 is 14.5 Å². The van der Waals surface area contributed by atoms with Gasteiger partial charge in [-0.1, -0.05) is 187 Å². The van der Waals surface area contributed by atoms with Crippen molar-refractivity contribution in [2.24, 2.45) is 0 Å². The van der Waals surface area contributed by atoms with Crippen molar-refractivity contribution in [3.8, 4) is 50.6 Å². The van der Waals surface area contributed by atoms with Gasteiger partial charge in [-0.15, -0.1) is 59.7 Å². The maximum Gasteiger partial charge on any atom is 4.00 e. The van der Waals surface area contributed by atoms with Gasteiger partial charge in [0.05, 0.1) is 0 Å². The molecule has 0 saturated heterocycles. The van der Waals surface area contributed by atoms with E-state index in [9.17, 15) is 0 Å². The molecule has 0 aliphatic carbocycles. The van der Waals surface area contributed by atoms with Gasteiger partial charge < -0.3 is 19.1 Å². The van der Waals surface area contributed by atoms with Crippen molar-refractivity contribution < 1.29 is 25.8 Å². The molecule has 10 aromatic rings. The molecule has 0 bridgehead atoms. The minimum Gasteiger partial charge on any atom is -0.509 e. The number of fused-ring (bicyclic) bond motifs is 4. The molecular weight excluding hydrogens is 1030 g/mol. The summed E-state index contributed by atoms with van der Waals surface area (Å²) >= 11 is 0. The maximum atomic E-state index is 7.08. The van der Waals surface area contributed by atoms with Crippen molar-refractivity contribution in [2.75, 3.05) is 9.80 Å². The van der Waals surface area contributed by atoms with E-state index in [2.05, 4.69) is 264 Å². The molecule has 70 heavy (non-hydrogen) atoms. The van der Waals surface area contributed by atoms with Crippen LogP contribution >= 0.6 is 0 Å². The molecule has 1 aliphatic heterocycles. The Morgan fingerprint density at radius 2 is 1.11 bits per heavy atom. The minimum atomic E-state index is -0.0252. The number of anilines is 4. The van der Waals surface area contributed by atoms with Crippen LogP contribution in [-0.2, 0) is 26.5 Å². The second-order valence-electron chi connectivity index (χ2n) is 19.8. The Balaban J connectivity index is 0.00000567. The summed E-state index contributed by atoms with van der Waals surface area (Å²) in [7, 11) is 0. The average molecular weight is 1090 g/mol. The fraction of sp³-hybridized carbons (Fsp3) is 0.154. The first kappa shape index (κ1) is 46.6. The third-order valence-electron chi connectivity index (χ3n) is 13.5. The van der Waals surface area contributed by atoms with Crippen LogP contribution in [-0.4, -0.2) is 4.57 Å². The van der Waals surface area contributed by atoms with Crippen molar-refractivity contribution in [1.82, 2.24) is 4.57 Å². The maximum absolute atomic E-state index is 7.08. The summed E-state index contributed by atoms with van der Waals surface area (Å²) in [6, 6.07) is 78.3. The van der Waals surface area contributed by atoms with Gasteiger partial charge in [-0.2, -0.15) is 29.8 Å². The summed E-state index contributed by atoms with van der Waals surface area (Å²) in [5.74, 6) is 1.80. The van der Waals surface area contributed by atoms with Gasteiger partial charge in [-0.3, -0.25) is 0 Å². The van der Waals surface area contributed by atoms with Crippen molar-refractivity contribution >= 4 is 44.6 Å². The smallest absolute Gasteiger partial charge is 0.509 e. The molecule has 0 saturated carbocycles. The van der Waals surface area contributed by atoms with Gasteiger partial charge in [0.2, 0.25) is 0 Å². The molecule has 11 rings (SSSR count). The Hall–Kier alpha value is -7.13. The van der Waals surface area contributed by atoms with Crippen LogP contribution in [0, 0.1) is 24.9 Å². The molecule has 346 valence electrons. The first-order valence-corrected chi connectivity index (χ1v) is 24.1. The summed E-state index contributed by atoms with van der Waals surface area (Å²) in [6.07, 6.45) is 0. The van der Waals surface area contributed by atoms with E-state index in [-0.39, 0.29) is 26.5 Å². The zero-order valence-electron chi connectivity index (χ0n) is 40.7. The monoisotopic (exact) mass is 1090 g/mol.